The van der Waals surface area contributed by atoms with Crippen LogP contribution in [0, 0.1) is 6.92 Å². The molecule has 2 aromatic heterocycles. The molecule has 3 heterocycles. The number of aromatic nitrogens is 4. The molecule has 1 saturated heterocycles. The summed E-state index contributed by atoms with van der Waals surface area (Å²) in [4.78, 5) is 15.9. The summed E-state index contributed by atoms with van der Waals surface area (Å²) in [7, 11) is 5.95. The van der Waals surface area contributed by atoms with E-state index in [4.69, 9.17) is 0 Å². The zero-order valence-corrected chi connectivity index (χ0v) is 14.4. The lowest BCUT2D eigenvalue weighted by Crippen LogP contribution is -2.46. The number of anilines is 2. The summed E-state index contributed by atoms with van der Waals surface area (Å²) in [5.41, 5.74) is 2.27. The van der Waals surface area contributed by atoms with Gasteiger partial charge in [0.15, 0.2) is 0 Å². The first-order chi connectivity index (χ1) is 11.0. The van der Waals surface area contributed by atoms with Crippen LogP contribution in [0.3, 0.4) is 0 Å². The average Bonchev–Trinajstić information content (AvgIpc) is 2.92. The molecule has 0 atom stereocenters. The van der Waals surface area contributed by atoms with Crippen molar-refractivity contribution in [2.45, 2.75) is 13.5 Å². The maximum absolute atomic E-state index is 4.68. The van der Waals surface area contributed by atoms with E-state index in [1.165, 1.54) is 5.69 Å². The molecule has 0 unspecified atom stereocenters. The highest BCUT2D eigenvalue weighted by Gasteiger charge is 2.20. The van der Waals surface area contributed by atoms with Crippen LogP contribution < -0.4 is 9.80 Å². The Labute approximate surface area is 137 Å². The smallest absolute Gasteiger partial charge is 0.226 e. The summed E-state index contributed by atoms with van der Waals surface area (Å²) in [5, 5.41) is 4.24. The second kappa shape index (κ2) is 6.54. The molecule has 0 amide bonds. The number of nitrogens with zero attached hydrogens (tertiary/aromatic N) is 7. The highest BCUT2D eigenvalue weighted by Crippen LogP contribution is 2.18. The van der Waals surface area contributed by atoms with Crippen LogP contribution in [-0.2, 0) is 13.6 Å². The molecule has 0 radical (unpaired) electrons. The molecule has 0 spiro atoms. The van der Waals surface area contributed by atoms with Crippen molar-refractivity contribution in [3.05, 3.63) is 29.7 Å². The van der Waals surface area contributed by atoms with Gasteiger partial charge in [0.05, 0.1) is 5.69 Å². The molecule has 0 N–H and O–H groups in total. The summed E-state index contributed by atoms with van der Waals surface area (Å²) in [6.45, 7) is 7.02. The Balaban J connectivity index is 1.64. The van der Waals surface area contributed by atoms with Gasteiger partial charge >= 0.3 is 0 Å². The van der Waals surface area contributed by atoms with Gasteiger partial charge < -0.3 is 9.80 Å². The molecule has 1 aliphatic heterocycles. The normalized spacial score (nSPS) is 15.9. The van der Waals surface area contributed by atoms with E-state index >= 15 is 0 Å². The van der Waals surface area contributed by atoms with Crippen molar-refractivity contribution in [3.8, 4) is 0 Å². The van der Waals surface area contributed by atoms with Gasteiger partial charge in [0, 0.05) is 71.8 Å². The Morgan fingerprint density at radius 2 is 1.87 bits per heavy atom. The Kier molecular flexibility index (Phi) is 4.47. The van der Waals surface area contributed by atoms with Crippen molar-refractivity contribution in [3.63, 3.8) is 0 Å². The van der Waals surface area contributed by atoms with Gasteiger partial charge in [-0.15, -0.1) is 0 Å². The summed E-state index contributed by atoms with van der Waals surface area (Å²) in [6.07, 6.45) is 1.86. The molecule has 7 nitrogen and oxygen atoms in total. The van der Waals surface area contributed by atoms with Gasteiger partial charge in [0.2, 0.25) is 5.95 Å². The zero-order valence-electron chi connectivity index (χ0n) is 14.4. The second-order valence-electron chi connectivity index (χ2n) is 6.27. The maximum atomic E-state index is 4.68. The van der Waals surface area contributed by atoms with Gasteiger partial charge in [0.1, 0.15) is 5.82 Å². The van der Waals surface area contributed by atoms with Crippen LogP contribution in [0.15, 0.2) is 18.3 Å². The van der Waals surface area contributed by atoms with Crippen LogP contribution in [0.2, 0.25) is 0 Å². The predicted molar refractivity (Wildman–Crippen MR) is 91.8 cm³/mol. The number of hydrogen-bond acceptors (Lipinski definition) is 6. The number of hydrogen-bond donors (Lipinski definition) is 0. The molecule has 1 fully saturated rings. The van der Waals surface area contributed by atoms with E-state index in [1.54, 1.807) is 0 Å². The van der Waals surface area contributed by atoms with Crippen LogP contribution in [0.1, 0.15) is 11.4 Å². The van der Waals surface area contributed by atoms with Crippen molar-refractivity contribution < 1.29 is 0 Å². The molecule has 1 aliphatic rings. The van der Waals surface area contributed by atoms with Gasteiger partial charge in [-0.3, -0.25) is 9.58 Å². The molecular formula is C16H25N7. The minimum absolute atomic E-state index is 0.775. The molecule has 0 aromatic carbocycles. The first-order valence-electron chi connectivity index (χ1n) is 8.00. The lowest BCUT2D eigenvalue weighted by atomic mass is 10.2. The molecule has 0 bridgehead atoms. The minimum Gasteiger partial charge on any atom is -0.354 e. The maximum Gasteiger partial charge on any atom is 0.226 e. The Hall–Kier alpha value is -2.15. The van der Waals surface area contributed by atoms with Gasteiger partial charge in [-0.2, -0.15) is 10.1 Å². The van der Waals surface area contributed by atoms with Crippen molar-refractivity contribution in [2.24, 2.45) is 7.05 Å². The SMILES string of the molecule is Cc1cc(N2CCN(Cc3ccnn3C)CC2)nc(N(C)C)n1. The van der Waals surface area contributed by atoms with Crippen LogP contribution in [-0.4, -0.2) is 64.9 Å². The quantitative estimate of drug-likeness (QED) is 0.836. The van der Waals surface area contributed by atoms with E-state index in [9.17, 15) is 0 Å². The second-order valence-corrected chi connectivity index (χ2v) is 6.27. The summed E-state index contributed by atoms with van der Waals surface area (Å²) < 4.78 is 1.95. The molecule has 0 aliphatic carbocycles. The molecular weight excluding hydrogens is 290 g/mol. The monoisotopic (exact) mass is 315 g/mol. The van der Waals surface area contributed by atoms with Crippen molar-refractivity contribution in [1.82, 2.24) is 24.6 Å². The minimum atomic E-state index is 0.775. The Morgan fingerprint density at radius 3 is 2.48 bits per heavy atom. The molecule has 124 valence electrons. The van der Waals surface area contributed by atoms with E-state index in [0.717, 1.165) is 50.2 Å². The van der Waals surface area contributed by atoms with E-state index in [0.29, 0.717) is 0 Å². The van der Waals surface area contributed by atoms with E-state index in [1.807, 2.05) is 43.8 Å². The van der Waals surface area contributed by atoms with Crippen LogP contribution in [0.4, 0.5) is 11.8 Å². The molecule has 7 heteroatoms. The Morgan fingerprint density at radius 1 is 1.13 bits per heavy atom. The van der Waals surface area contributed by atoms with E-state index in [2.05, 4.69) is 37.0 Å². The van der Waals surface area contributed by atoms with Crippen molar-refractivity contribution in [1.29, 1.82) is 0 Å². The number of rotatable bonds is 4. The predicted octanol–water partition coefficient (Wildman–Crippen LogP) is 0.907. The fourth-order valence-electron chi connectivity index (χ4n) is 2.82. The fraction of sp³-hybridized carbons (Fsp3) is 0.562. The Bertz CT molecular complexity index is 656. The number of piperazine rings is 1. The highest BCUT2D eigenvalue weighted by atomic mass is 15.3. The van der Waals surface area contributed by atoms with Crippen LogP contribution >= 0.6 is 0 Å². The van der Waals surface area contributed by atoms with E-state index < -0.39 is 0 Å². The van der Waals surface area contributed by atoms with Crippen LogP contribution in [0.5, 0.6) is 0 Å². The average molecular weight is 315 g/mol. The zero-order chi connectivity index (χ0) is 16.4. The highest BCUT2D eigenvalue weighted by molar-refractivity contribution is 5.45. The van der Waals surface area contributed by atoms with Gasteiger partial charge in [0.25, 0.3) is 0 Å². The van der Waals surface area contributed by atoms with E-state index in [-0.39, 0.29) is 0 Å². The largest absolute Gasteiger partial charge is 0.354 e. The third-order valence-corrected chi connectivity index (χ3v) is 4.23. The first kappa shape index (κ1) is 15.7. The standard InChI is InChI=1S/C16H25N7/c1-13-11-15(19-16(18-13)20(2)3)23-9-7-22(8-10-23)12-14-5-6-17-21(14)4/h5-6,11H,7-10,12H2,1-4H3. The van der Waals surface area contributed by atoms with Gasteiger partial charge in [-0.1, -0.05) is 0 Å². The molecule has 0 saturated carbocycles. The third-order valence-electron chi connectivity index (χ3n) is 4.23. The summed E-state index contributed by atoms with van der Waals surface area (Å²) >= 11 is 0. The van der Waals surface area contributed by atoms with Crippen molar-refractivity contribution >= 4 is 11.8 Å². The topological polar surface area (TPSA) is 53.3 Å². The van der Waals surface area contributed by atoms with Crippen LogP contribution in [0.25, 0.3) is 0 Å². The molecule has 3 rings (SSSR count). The lowest BCUT2D eigenvalue weighted by Gasteiger charge is -2.35. The van der Waals surface area contributed by atoms with Gasteiger partial charge in [-0.05, 0) is 13.0 Å². The van der Waals surface area contributed by atoms with Crippen molar-refractivity contribution in [2.75, 3.05) is 50.1 Å². The first-order valence-corrected chi connectivity index (χ1v) is 8.00. The fourth-order valence-corrected chi connectivity index (χ4v) is 2.82. The number of aryl methyl sites for hydroxylation is 2. The lowest BCUT2D eigenvalue weighted by molar-refractivity contribution is 0.243. The molecule has 23 heavy (non-hydrogen) atoms. The molecule has 2 aromatic rings. The summed E-state index contributed by atoms with van der Waals surface area (Å²) in [5.74, 6) is 1.80. The van der Waals surface area contributed by atoms with Gasteiger partial charge in [-0.25, -0.2) is 4.98 Å². The third kappa shape index (κ3) is 3.61. The summed E-state index contributed by atoms with van der Waals surface area (Å²) in [6, 6.07) is 4.16.